The quantitative estimate of drug-likeness (QED) is 0.456. The minimum Gasteiger partial charge on any atom is -0.497 e. The van der Waals surface area contributed by atoms with Crippen molar-refractivity contribution < 1.29 is 19.1 Å². The Morgan fingerprint density at radius 3 is 1.81 bits per heavy atom. The molecule has 1 saturated carbocycles. The molecular formula is C30H42N2O4. The number of carbonyl (C=O) groups is 2. The smallest absolute Gasteiger partial charge is 0.220 e. The van der Waals surface area contributed by atoms with Crippen LogP contribution in [0.1, 0.15) is 64.0 Å². The molecular weight excluding hydrogens is 452 g/mol. The van der Waals surface area contributed by atoms with Gasteiger partial charge in [-0.3, -0.25) is 9.59 Å². The maximum absolute atomic E-state index is 12.7. The lowest BCUT2D eigenvalue weighted by molar-refractivity contribution is -0.124. The summed E-state index contributed by atoms with van der Waals surface area (Å²) in [5.74, 6) is 1.79. The van der Waals surface area contributed by atoms with Gasteiger partial charge in [0.2, 0.25) is 11.8 Å². The van der Waals surface area contributed by atoms with Crippen LogP contribution in [0.5, 0.6) is 11.5 Å². The number of carbonyl (C=O) groups excluding carboxylic acids is 2. The van der Waals surface area contributed by atoms with Crippen LogP contribution in [-0.2, 0) is 22.4 Å². The Bertz CT molecular complexity index is 1000. The summed E-state index contributed by atoms with van der Waals surface area (Å²) in [4.78, 5) is 25.3. The molecule has 0 saturated heterocycles. The van der Waals surface area contributed by atoms with E-state index in [2.05, 4.69) is 31.4 Å². The number of aryl methyl sites for hydroxylation is 2. The van der Waals surface area contributed by atoms with Gasteiger partial charge >= 0.3 is 0 Å². The van der Waals surface area contributed by atoms with Gasteiger partial charge in [0.15, 0.2) is 0 Å². The van der Waals surface area contributed by atoms with E-state index in [1.54, 1.807) is 14.2 Å². The maximum atomic E-state index is 12.7. The average Bonchev–Trinajstić information content (AvgIpc) is 2.84. The zero-order valence-corrected chi connectivity index (χ0v) is 22.5. The van der Waals surface area contributed by atoms with E-state index in [1.165, 1.54) is 0 Å². The van der Waals surface area contributed by atoms with Gasteiger partial charge in [0.25, 0.3) is 0 Å². The zero-order valence-electron chi connectivity index (χ0n) is 22.5. The fourth-order valence-electron chi connectivity index (χ4n) is 5.67. The molecule has 1 aliphatic carbocycles. The van der Waals surface area contributed by atoms with Crippen LogP contribution in [0.4, 0.5) is 0 Å². The van der Waals surface area contributed by atoms with Crippen molar-refractivity contribution in [1.29, 1.82) is 0 Å². The lowest BCUT2D eigenvalue weighted by Crippen LogP contribution is -2.50. The average molecular weight is 495 g/mol. The Morgan fingerprint density at radius 1 is 0.806 bits per heavy atom. The van der Waals surface area contributed by atoms with Gasteiger partial charge in [-0.1, -0.05) is 45.0 Å². The molecule has 0 aliphatic heterocycles. The van der Waals surface area contributed by atoms with Gasteiger partial charge in [0, 0.05) is 25.4 Å². The summed E-state index contributed by atoms with van der Waals surface area (Å²) in [5.41, 5.74) is 2.27. The monoisotopic (exact) mass is 494 g/mol. The minimum atomic E-state index is -0.0640. The SMILES string of the molecule is COc1ccc(CCC(=O)NCC2(C)CC(NC(=O)CCc3ccc(OC)cc3)CC(C)(C)C2)cc1. The summed E-state index contributed by atoms with van der Waals surface area (Å²) in [7, 11) is 3.30. The molecule has 6 heteroatoms. The van der Waals surface area contributed by atoms with E-state index in [0.717, 1.165) is 41.9 Å². The van der Waals surface area contributed by atoms with Crippen LogP contribution < -0.4 is 20.1 Å². The van der Waals surface area contributed by atoms with Gasteiger partial charge in [-0.2, -0.15) is 0 Å². The molecule has 0 radical (unpaired) electrons. The van der Waals surface area contributed by atoms with Crippen molar-refractivity contribution >= 4 is 11.8 Å². The molecule has 0 aromatic heterocycles. The second-order valence-electron chi connectivity index (χ2n) is 11.3. The van der Waals surface area contributed by atoms with E-state index in [1.807, 2.05) is 48.5 Å². The van der Waals surface area contributed by atoms with Crippen LogP contribution in [-0.4, -0.2) is 38.6 Å². The molecule has 0 spiro atoms. The molecule has 0 heterocycles. The molecule has 2 N–H and O–H groups in total. The molecule has 196 valence electrons. The number of rotatable bonds is 11. The van der Waals surface area contributed by atoms with Crippen LogP contribution >= 0.6 is 0 Å². The second kappa shape index (κ2) is 12.3. The molecule has 1 fully saturated rings. The van der Waals surface area contributed by atoms with Crippen molar-refractivity contribution in [3.63, 3.8) is 0 Å². The summed E-state index contributed by atoms with van der Waals surface area (Å²) >= 11 is 0. The lowest BCUT2D eigenvalue weighted by atomic mass is 9.62. The molecule has 2 aromatic rings. The highest BCUT2D eigenvalue weighted by molar-refractivity contribution is 5.77. The number of nitrogens with one attached hydrogen (secondary N) is 2. The third kappa shape index (κ3) is 8.58. The first-order valence-corrected chi connectivity index (χ1v) is 12.9. The van der Waals surface area contributed by atoms with E-state index in [9.17, 15) is 9.59 Å². The number of hydrogen-bond donors (Lipinski definition) is 2. The fourth-order valence-corrected chi connectivity index (χ4v) is 5.67. The normalized spacial score (nSPS) is 20.9. The van der Waals surface area contributed by atoms with Crippen molar-refractivity contribution in [2.75, 3.05) is 20.8 Å². The van der Waals surface area contributed by atoms with Gasteiger partial charge in [-0.15, -0.1) is 0 Å². The molecule has 3 rings (SSSR count). The number of amides is 2. The fraction of sp³-hybridized carbons (Fsp3) is 0.533. The minimum absolute atomic E-state index is 0.0640. The van der Waals surface area contributed by atoms with E-state index >= 15 is 0 Å². The number of ether oxygens (including phenoxy) is 2. The molecule has 6 nitrogen and oxygen atoms in total. The van der Waals surface area contributed by atoms with Crippen molar-refractivity contribution in [1.82, 2.24) is 10.6 Å². The van der Waals surface area contributed by atoms with E-state index in [0.29, 0.717) is 32.2 Å². The van der Waals surface area contributed by atoms with Gasteiger partial charge in [0.1, 0.15) is 11.5 Å². The van der Waals surface area contributed by atoms with E-state index in [-0.39, 0.29) is 28.7 Å². The highest BCUT2D eigenvalue weighted by Gasteiger charge is 2.41. The molecule has 36 heavy (non-hydrogen) atoms. The first-order valence-electron chi connectivity index (χ1n) is 12.9. The Balaban J connectivity index is 1.47. The summed E-state index contributed by atoms with van der Waals surface area (Å²) in [6.07, 6.45) is 5.14. The Morgan fingerprint density at radius 2 is 1.31 bits per heavy atom. The highest BCUT2D eigenvalue weighted by atomic mass is 16.5. The lowest BCUT2D eigenvalue weighted by Gasteiger charge is -2.47. The summed E-state index contributed by atoms with van der Waals surface area (Å²) < 4.78 is 10.4. The standard InChI is InChI=1S/C30H42N2O4/c1-29(2)18-24(32-28(34)17-11-23-8-14-26(36-5)15-9-23)19-30(3,20-29)21-31-27(33)16-10-22-6-12-25(35-4)13-7-22/h6-9,12-15,24H,10-11,16-21H2,1-5H3,(H,31,33)(H,32,34). The Labute approximate surface area is 216 Å². The van der Waals surface area contributed by atoms with Gasteiger partial charge in [-0.25, -0.2) is 0 Å². The van der Waals surface area contributed by atoms with Gasteiger partial charge in [0.05, 0.1) is 14.2 Å². The number of methoxy groups -OCH3 is 2. The van der Waals surface area contributed by atoms with Crippen LogP contribution in [0.2, 0.25) is 0 Å². The first-order chi connectivity index (χ1) is 17.1. The van der Waals surface area contributed by atoms with Crippen molar-refractivity contribution in [2.45, 2.75) is 71.8 Å². The Kier molecular flexibility index (Phi) is 9.41. The number of benzene rings is 2. The summed E-state index contributed by atoms with van der Waals surface area (Å²) in [6, 6.07) is 15.8. The summed E-state index contributed by atoms with van der Waals surface area (Å²) in [6.45, 7) is 7.36. The maximum Gasteiger partial charge on any atom is 0.220 e. The predicted molar refractivity (Wildman–Crippen MR) is 143 cm³/mol. The molecule has 1 aliphatic rings. The Hall–Kier alpha value is -3.02. The van der Waals surface area contributed by atoms with E-state index in [4.69, 9.17) is 9.47 Å². The van der Waals surface area contributed by atoms with E-state index < -0.39 is 0 Å². The highest BCUT2D eigenvalue weighted by Crippen LogP contribution is 2.45. The van der Waals surface area contributed by atoms with Crippen LogP contribution in [0.3, 0.4) is 0 Å². The predicted octanol–water partition coefficient (Wildman–Crippen LogP) is 5.09. The van der Waals surface area contributed by atoms with Crippen LogP contribution in [0.15, 0.2) is 48.5 Å². The summed E-state index contributed by atoms with van der Waals surface area (Å²) in [5, 5.41) is 6.45. The molecule has 2 atom stereocenters. The largest absolute Gasteiger partial charge is 0.497 e. The van der Waals surface area contributed by atoms with Crippen LogP contribution in [0, 0.1) is 10.8 Å². The third-order valence-corrected chi connectivity index (χ3v) is 7.12. The first kappa shape index (κ1) is 27.6. The molecule has 2 unspecified atom stereocenters. The van der Waals surface area contributed by atoms with Gasteiger partial charge < -0.3 is 20.1 Å². The van der Waals surface area contributed by atoms with Crippen molar-refractivity contribution in [3.05, 3.63) is 59.7 Å². The van der Waals surface area contributed by atoms with Crippen molar-refractivity contribution in [2.24, 2.45) is 10.8 Å². The van der Waals surface area contributed by atoms with Crippen LogP contribution in [0.25, 0.3) is 0 Å². The second-order valence-corrected chi connectivity index (χ2v) is 11.3. The third-order valence-electron chi connectivity index (χ3n) is 7.12. The molecule has 2 amide bonds. The van der Waals surface area contributed by atoms with Crippen molar-refractivity contribution in [3.8, 4) is 11.5 Å². The molecule has 0 bridgehead atoms. The number of hydrogen-bond acceptors (Lipinski definition) is 4. The molecule has 2 aromatic carbocycles. The zero-order chi connectivity index (χ0) is 26.2. The van der Waals surface area contributed by atoms with Gasteiger partial charge in [-0.05, 0) is 78.3 Å². The topological polar surface area (TPSA) is 76.7 Å².